The molecule has 0 saturated heterocycles. The van der Waals surface area contributed by atoms with Gasteiger partial charge in [-0.25, -0.2) is 18.4 Å². The zero-order valence-corrected chi connectivity index (χ0v) is 17.3. The van der Waals surface area contributed by atoms with Crippen molar-refractivity contribution >= 4 is 38.5 Å². The number of Topliss-reactive ketones (excluding diaryl/α,β-unsaturated/α-hetero) is 1. The maximum Gasteiger partial charge on any atom is 0.263 e. The molecule has 8 nitrogen and oxygen atoms in total. The summed E-state index contributed by atoms with van der Waals surface area (Å²) in [7, 11) is 1.36. The van der Waals surface area contributed by atoms with E-state index in [9.17, 15) is 13.2 Å². The van der Waals surface area contributed by atoms with Crippen molar-refractivity contribution in [1.29, 1.82) is 0 Å². The lowest BCUT2D eigenvalue weighted by Gasteiger charge is -2.13. The first-order valence-corrected chi connectivity index (χ1v) is 10.5. The third-order valence-electron chi connectivity index (χ3n) is 4.14. The van der Waals surface area contributed by atoms with E-state index in [-0.39, 0.29) is 22.9 Å². The van der Waals surface area contributed by atoms with Gasteiger partial charge in [0, 0.05) is 13.5 Å². The second-order valence-electron chi connectivity index (χ2n) is 6.87. The maximum absolute atomic E-state index is 12.9. The molecule has 0 amide bonds. The number of carbonyl (C=O) groups is 1. The molecule has 0 unspecified atom stereocenters. The Hall–Kier alpha value is -3.04. The lowest BCUT2D eigenvalue weighted by Crippen LogP contribution is -2.23. The fraction of sp³-hybridized carbons (Fsp3) is 0.250. The quantitative estimate of drug-likeness (QED) is 0.583. The van der Waals surface area contributed by atoms with Crippen molar-refractivity contribution in [1.82, 2.24) is 14.9 Å². The van der Waals surface area contributed by atoms with Crippen LogP contribution in [0.2, 0.25) is 0 Å². The van der Waals surface area contributed by atoms with Gasteiger partial charge in [0.05, 0.1) is 22.5 Å². The molecule has 1 heterocycles. The van der Waals surface area contributed by atoms with Crippen molar-refractivity contribution in [2.45, 2.75) is 11.3 Å². The summed E-state index contributed by atoms with van der Waals surface area (Å²) >= 11 is 0. The molecule has 2 N–H and O–H groups in total. The van der Waals surface area contributed by atoms with Gasteiger partial charge in [0.1, 0.15) is 0 Å². The van der Waals surface area contributed by atoms with Gasteiger partial charge >= 0.3 is 0 Å². The standard InChI is InChI=1S/C20H23N5O3S/c1-21-19-20(23-18-10-5-4-9-17(18)22-19)24-29(27,28)16-8-6-7-14(12-16)11-15(26)13-25(2)3/h4-10,12H,11,13H2,1-3H3,(H,21,22)(H,23,24). The van der Waals surface area contributed by atoms with E-state index in [1.807, 2.05) is 26.2 Å². The molecule has 0 fully saturated rings. The number of sulfonamides is 1. The number of benzene rings is 2. The predicted octanol–water partition coefficient (Wildman–Crippen LogP) is 2.15. The Morgan fingerprint density at radius 1 is 1.00 bits per heavy atom. The molecule has 0 aliphatic rings. The van der Waals surface area contributed by atoms with Crippen molar-refractivity contribution in [3.05, 3.63) is 54.1 Å². The first-order chi connectivity index (χ1) is 13.8. The summed E-state index contributed by atoms with van der Waals surface area (Å²) in [6.07, 6.45) is 0.166. The summed E-state index contributed by atoms with van der Waals surface area (Å²) in [5, 5.41) is 2.87. The normalized spacial score (nSPS) is 11.6. The molecular formula is C20H23N5O3S. The van der Waals surface area contributed by atoms with Gasteiger partial charge in [-0.05, 0) is 43.9 Å². The highest BCUT2D eigenvalue weighted by atomic mass is 32.2. The van der Waals surface area contributed by atoms with Crippen molar-refractivity contribution < 1.29 is 13.2 Å². The molecule has 152 valence electrons. The van der Waals surface area contributed by atoms with Crippen molar-refractivity contribution in [3.63, 3.8) is 0 Å². The van der Waals surface area contributed by atoms with Gasteiger partial charge in [-0.3, -0.25) is 9.52 Å². The zero-order chi connectivity index (χ0) is 21.0. The van der Waals surface area contributed by atoms with Crippen LogP contribution in [0.25, 0.3) is 11.0 Å². The van der Waals surface area contributed by atoms with Gasteiger partial charge in [-0.1, -0.05) is 24.3 Å². The van der Waals surface area contributed by atoms with E-state index in [2.05, 4.69) is 20.0 Å². The number of rotatable bonds is 8. The Kier molecular flexibility index (Phi) is 6.09. The number of nitrogens with one attached hydrogen (secondary N) is 2. The van der Waals surface area contributed by atoms with Gasteiger partial charge < -0.3 is 10.2 Å². The summed E-state index contributed by atoms with van der Waals surface area (Å²) in [6.45, 7) is 0.299. The van der Waals surface area contributed by atoms with Crippen molar-refractivity contribution in [3.8, 4) is 0 Å². The van der Waals surface area contributed by atoms with Crippen LogP contribution in [0.3, 0.4) is 0 Å². The summed E-state index contributed by atoms with van der Waals surface area (Å²) in [5.74, 6) is 0.445. The Morgan fingerprint density at radius 2 is 1.66 bits per heavy atom. The summed E-state index contributed by atoms with van der Waals surface area (Å²) in [5.41, 5.74) is 1.87. The Balaban J connectivity index is 1.89. The molecule has 3 rings (SSSR count). The number of aromatic nitrogens is 2. The second-order valence-corrected chi connectivity index (χ2v) is 8.55. The molecule has 2 aromatic carbocycles. The van der Waals surface area contributed by atoms with Gasteiger partial charge in [-0.15, -0.1) is 0 Å². The molecule has 0 saturated carbocycles. The van der Waals surface area contributed by atoms with Crippen LogP contribution in [0.1, 0.15) is 5.56 Å². The fourth-order valence-corrected chi connectivity index (χ4v) is 3.97. The monoisotopic (exact) mass is 413 g/mol. The highest BCUT2D eigenvalue weighted by Gasteiger charge is 2.19. The van der Waals surface area contributed by atoms with Gasteiger partial charge in [0.2, 0.25) is 0 Å². The van der Waals surface area contributed by atoms with E-state index in [0.29, 0.717) is 29.0 Å². The molecular weight excluding hydrogens is 390 g/mol. The molecule has 3 aromatic rings. The minimum atomic E-state index is -3.91. The zero-order valence-electron chi connectivity index (χ0n) is 16.5. The van der Waals surface area contributed by atoms with Gasteiger partial charge in [0.25, 0.3) is 10.0 Å². The van der Waals surface area contributed by atoms with Crippen LogP contribution in [0.5, 0.6) is 0 Å². The second kappa shape index (κ2) is 8.54. The minimum absolute atomic E-state index is 0.00960. The lowest BCUT2D eigenvalue weighted by atomic mass is 10.1. The van der Waals surface area contributed by atoms with Crippen LogP contribution in [0, 0.1) is 0 Å². The van der Waals surface area contributed by atoms with E-state index in [1.54, 1.807) is 36.2 Å². The van der Waals surface area contributed by atoms with Gasteiger partial charge in [-0.2, -0.15) is 0 Å². The molecule has 0 aliphatic carbocycles. The number of nitrogens with zero attached hydrogens (tertiary/aromatic N) is 3. The fourth-order valence-electron chi connectivity index (χ4n) is 2.89. The van der Waals surface area contributed by atoms with Crippen LogP contribution < -0.4 is 10.0 Å². The third kappa shape index (κ3) is 5.07. The molecule has 29 heavy (non-hydrogen) atoms. The lowest BCUT2D eigenvalue weighted by molar-refractivity contribution is -0.119. The number of anilines is 2. The van der Waals surface area contributed by atoms with Crippen LogP contribution in [-0.4, -0.2) is 56.8 Å². The maximum atomic E-state index is 12.9. The van der Waals surface area contributed by atoms with Crippen LogP contribution in [0.4, 0.5) is 11.6 Å². The largest absolute Gasteiger partial charge is 0.370 e. The number of carbonyl (C=O) groups excluding carboxylic acids is 1. The van der Waals surface area contributed by atoms with Gasteiger partial charge in [0.15, 0.2) is 17.4 Å². The summed E-state index contributed by atoms with van der Waals surface area (Å²) in [4.78, 5) is 22.7. The number of para-hydroxylation sites is 2. The van der Waals surface area contributed by atoms with Crippen LogP contribution >= 0.6 is 0 Å². The van der Waals surface area contributed by atoms with Crippen molar-refractivity contribution in [2.75, 3.05) is 37.7 Å². The molecule has 0 radical (unpaired) electrons. The number of likely N-dealkylation sites (N-methyl/N-ethyl adjacent to an activating group) is 1. The topological polar surface area (TPSA) is 104 Å². The first kappa shape index (κ1) is 20.7. The van der Waals surface area contributed by atoms with Crippen LogP contribution in [0.15, 0.2) is 53.4 Å². The first-order valence-electron chi connectivity index (χ1n) is 9.01. The predicted molar refractivity (Wildman–Crippen MR) is 114 cm³/mol. The summed E-state index contributed by atoms with van der Waals surface area (Å²) in [6, 6.07) is 13.6. The highest BCUT2D eigenvalue weighted by molar-refractivity contribution is 7.92. The molecule has 9 heteroatoms. The highest BCUT2D eigenvalue weighted by Crippen LogP contribution is 2.24. The average Bonchev–Trinajstić information content (AvgIpc) is 2.66. The number of ketones is 1. The van der Waals surface area contributed by atoms with E-state index in [1.165, 1.54) is 12.1 Å². The van der Waals surface area contributed by atoms with Crippen molar-refractivity contribution in [2.24, 2.45) is 0 Å². The number of fused-ring (bicyclic) bond motifs is 1. The Morgan fingerprint density at radius 3 is 2.28 bits per heavy atom. The molecule has 0 aliphatic heterocycles. The molecule has 0 bridgehead atoms. The number of hydrogen-bond donors (Lipinski definition) is 2. The Labute approximate surface area is 170 Å². The SMILES string of the molecule is CNc1nc2ccccc2nc1NS(=O)(=O)c1cccc(CC(=O)CN(C)C)c1. The molecule has 0 atom stereocenters. The van der Waals surface area contributed by atoms with E-state index < -0.39 is 10.0 Å². The Bertz CT molecular complexity index is 1150. The molecule has 0 spiro atoms. The average molecular weight is 414 g/mol. The van der Waals surface area contributed by atoms with Crippen LogP contribution in [-0.2, 0) is 21.2 Å². The van der Waals surface area contributed by atoms with E-state index in [0.717, 1.165) is 0 Å². The summed E-state index contributed by atoms with van der Waals surface area (Å²) < 4.78 is 28.3. The minimum Gasteiger partial charge on any atom is -0.370 e. The van der Waals surface area contributed by atoms with E-state index >= 15 is 0 Å². The third-order valence-corrected chi connectivity index (χ3v) is 5.48. The van der Waals surface area contributed by atoms with E-state index in [4.69, 9.17) is 0 Å². The number of hydrogen-bond acceptors (Lipinski definition) is 7. The smallest absolute Gasteiger partial charge is 0.263 e. The molecule has 1 aromatic heterocycles.